The van der Waals surface area contributed by atoms with Gasteiger partial charge in [-0.25, -0.2) is 0 Å². The number of hydrogen-bond acceptors (Lipinski definition) is 6. The maximum absolute atomic E-state index is 8.25. The average Bonchev–Trinajstić information content (AvgIpc) is 1.25. The van der Waals surface area contributed by atoms with Crippen molar-refractivity contribution in [1.29, 1.82) is 0 Å². The Balaban J connectivity index is -0.0000000112. The van der Waals surface area contributed by atoms with Crippen LogP contribution in [0.1, 0.15) is 2.85 Å². The maximum Gasteiger partial charge on any atom is 2.00 e. The first-order chi connectivity index (χ1) is 3.46. The fourth-order valence-corrected chi connectivity index (χ4v) is 0. The van der Waals surface area contributed by atoms with Crippen molar-refractivity contribution in [1.82, 2.24) is 0 Å². The third kappa shape index (κ3) is 466. The Bertz CT molecular complexity index is 81.5. The van der Waals surface area contributed by atoms with Gasteiger partial charge in [0.25, 0.3) is 0 Å². The molecule has 0 aromatic heterocycles. The van der Waals surface area contributed by atoms with Gasteiger partial charge in [-0.2, -0.15) is 0 Å². The van der Waals surface area contributed by atoms with Crippen molar-refractivity contribution in [3.05, 3.63) is 30.6 Å². The summed E-state index contributed by atoms with van der Waals surface area (Å²) in [4.78, 5) is 16.5. The molecule has 0 N–H and O–H groups in total. The molecule has 0 radical (unpaired) electrons. The summed E-state index contributed by atoms with van der Waals surface area (Å²) >= 11 is 0. The van der Waals surface area contributed by atoms with E-state index < -0.39 is 10.2 Å². The molecule has 0 unspecified atom stereocenters. The van der Waals surface area contributed by atoms with Crippen LogP contribution in [0.15, 0.2) is 0 Å². The molecule has 10 heteroatoms. The van der Waals surface area contributed by atoms with Crippen molar-refractivity contribution in [2.24, 2.45) is 0 Å². The second-order valence-corrected chi connectivity index (χ2v) is 0.447. The Hall–Kier alpha value is 1.14. The summed E-state index contributed by atoms with van der Waals surface area (Å²) < 4.78 is 0. The van der Waals surface area contributed by atoms with Gasteiger partial charge in [0, 0.05) is 0 Å². The van der Waals surface area contributed by atoms with E-state index in [1.165, 1.54) is 0 Å². The largest absolute Gasteiger partial charge is 2.00 e. The fourth-order valence-electron chi connectivity index (χ4n) is 0. The molecule has 0 aliphatic heterocycles. The summed E-state index contributed by atoms with van der Waals surface area (Å²) in [5.74, 6) is 0. The second kappa shape index (κ2) is 16.6. The van der Waals surface area contributed by atoms with Crippen molar-refractivity contribution in [3.8, 4) is 0 Å². The quantitative estimate of drug-likeness (QED) is 0.308. The minimum atomic E-state index is -1.75. The molecule has 0 spiro atoms. The zero-order valence-electron chi connectivity index (χ0n) is 6.76. The monoisotopic (exact) mass is 254 g/mol. The summed E-state index contributed by atoms with van der Waals surface area (Å²) in [6.07, 6.45) is 0. The van der Waals surface area contributed by atoms with E-state index in [0.717, 1.165) is 0 Å². The molecule has 0 fully saturated rings. The van der Waals surface area contributed by atoms with E-state index in [2.05, 4.69) is 0 Å². The number of nitrogens with zero attached hydrogens (tertiary/aromatic N) is 2. The number of rotatable bonds is 0. The van der Waals surface area contributed by atoms with Crippen LogP contribution >= 0.6 is 0 Å². The van der Waals surface area contributed by atoms with E-state index in [1.807, 2.05) is 0 Å². The Morgan fingerprint density at radius 1 is 0.900 bits per heavy atom. The molecule has 0 aliphatic carbocycles. The third-order valence-electron chi connectivity index (χ3n) is 0. The van der Waals surface area contributed by atoms with E-state index in [1.54, 1.807) is 0 Å². The minimum absolute atomic E-state index is 0. The molecule has 0 amide bonds. The fraction of sp³-hybridized carbons (Fsp3) is 0. The molecule has 0 rings (SSSR count). The molecule has 52 valence electrons. The molecular weight excluding hydrogens is 252 g/mol. The molecule has 0 heterocycles. The van der Waals surface area contributed by atoms with E-state index in [0.29, 0.717) is 0 Å². The standard InChI is InChI=1S/Ca.2NO3.Sr.2H/c;2*2-1(3)4;;;/q+2;2*-1;+2;2*-1. The summed E-state index contributed by atoms with van der Waals surface area (Å²) in [7, 11) is 0. The summed E-state index contributed by atoms with van der Waals surface area (Å²) in [5, 5.41) is 29.5. The first-order valence-corrected chi connectivity index (χ1v) is 1.10. The Morgan fingerprint density at radius 2 is 0.900 bits per heavy atom. The SMILES string of the molecule is O=[N+]([O-])[O-].O=[N+]([O-])[O-].[Ca+2].[H-].[H-].[Sr+2]. The van der Waals surface area contributed by atoms with Gasteiger partial charge in [-0.05, 0) is 0 Å². The molecule has 8 nitrogen and oxygen atoms in total. The van der Waals surface area contributed by atoms with Gasteiger partial charge in [-0.15, -0.1) is 0 Å². The molecule has 10 heavy (non-hydrogen) atoms. The van der Waals surface area contributed by atoms with E-state index >= 15 is 0 Å². The topological polar surface area (TPSA) is 132 Å². The van der Waals surface area contributed by atoms with Crippen LogP contribution in [0, 0.1) is 30.6 Å². The normalized spacial score (nSPS) is 4.80. The van der Waals surface area contributed by atoms with Crippen LogP contribution in [-0.4, -0.2) is 93.4 Å². The third-order valence-corrected chi connectivity index (χ3v) is 0. The van der Waals surface area contributed by atoms with Gasteiger partial charge in [0.15, 0.2) is 0 Å². The van der Waals surface area contributed by atoms with Crippen LogP contribution in [0.5, 0.6) is 0 Å². The average molecular weight is 254 g/mol. The first kappa shape index (κ1) is 22.5. The van der Waals surface area contributed by atoms with Gasteiger partial charge in [-0.3, -0.25) is 0 Å². The van der Waals surface area contributed by atoms with E-state index in [4.69, 9.17) is 30.6 Å². The minimum Gasteiger partial charge on any atom is -1.00 e. The molecule has 0 saturated carbocycles. The van der Waals surface area contributed by atoms with Crippen LogP contribution in [0.2, 0.25) is 0 Å². The predicted molar refractivity (Wildman–Crippen MR) is 34.5 cm³/mol. The van der Waals surface area contributed by atoms with Crippen LogP contribution in [-0.2, 0) is 0 Å². The van der Waals surface area contributed by atoms with Gasteiger partial charge in [-0.1, -0.05) is 0 Å². The molecule has 0 saturated heterocycles. The molecule has 0 bridgehead atoms. The van der Waals surface area contributed by atoms with Gasteiger partial charge < -0.3 is 33.5 Å². The van der Waals surface area contributed by atoms with E-state index in [9.17, 15) is 0 Å². The Labute approximate surface area is 125 Å². The van der Waals surface area contributed by atoms with Crippen LogP contribution in [0.25, 0.3) is 0 Å². The van der Waals surface area contributed by atoms with Crippen molar-refractivity contribution in [2.75, 3.05) is 0 Å². The molecule has 0 aromatic carbocycles. The zero-order valence-corrected chi connectivity index (χ0v) is 10.4. The summed E-state index contributed by atoms with van der Waals surface area (Å²) in [5.41, 5.74) is 0. The van der Waals surface area contributed by atoms with Crippen LogP contribution < -0.4 is 0 Å². The maximum atomic E-state index is 8.25. The van der Waals surface area contributed by atoms with Gasteiger partial charge in [0.05, 0.1) is 10.2 Å². The van der Waals surface area contributed by atoms with Gasteiger partial charge in [0.1, 0.15) is 0 Å². The predicted octanol–water partition coefficient (Wildman–Crippen LogP) is -1.01. The zero-order chi connectivity index (χ0) is 7.15. The van der Waals surface area contributed by atoms with Crippen LogP contribution in [0.3, 0.4) is 0 Å². The van der Waals surface area contributed by atoms with Crippen molar-refractivity contribution >= 4 is 83.2 Å². The van der Waals surface area contributed by atoms with Crippen molar-refractivity contribution in [2.45, 2.75) is 0 Å². The summed E-state index contributed by atoms with van der Waals surface area (Å²) in [6, 6.07) is 0. The summed E-state index contributed by atoms with van der Waals surface area (Å²) in [6.45, 7) is 0. The van der Waals surface area contributed by atoms with Crippen LogP contribution in [0.4, 0.5) is 0 Å². The smallest absolute Gasteiger partial charge is 1.00 e. The van der Waals surface area contributed by atoms with Gasteiger partial charge in [0.2, 0.25) is 0 Å². The van der Waals surface area contributed by atoms with Crippen molar-refractivity contribution < 1.29 is 13.0 Å². The van der Waals surface area contributed by atoms with Gasteiger partial charge >= 0.3 is 83.2 Å². The second-order valence-electron chi connectivity index (χ2n) is 0.447. The molecule has 0 aliphatic rings. The van der Waals surface area contributed by atoms with E-state index in [-0.39, 0.29) is 86.1 Å². The van der Waals surface area contributed by atoms with Crippen molar-refractivity contribution in [3.63, 3.8) is 0 Å². The first-order valence-electron chi connectivity index (χ1n) is 1.10. The molecule has 0 aromatic rings. The Morgan fingerprint density at radius 3 is 0.900 bits per heavy atom. The molecular formula is H2CaN2O6Sr. The molecule has 0 atom stereocenters. The number of hydrogen-bond donors (Lipinski definition) is 0. The Kier molecular flexibility index (Phi) is 37.3.